The first-order valence-electron chi connectivity index (χ1n) is 7.45. The Kier molecular flexibility index (Phi) is 6.71. The average Bonchev–Trinajstić information content (AvgIpc) is 2.55. The molecule has 0 saturated carbocycles. The summed E-state index contributed by atoms with van der Waals surface area (Å²) in [7, 11) is 0. The Balaban J connectivity index is 1.87. The first-order chi connectivity index (χ1) is 10.8. The van der Waals surface area contributed by atoms with Crippen LogP contribution in [0.4, 0.5) is 0 Å². The van der Waals surface area contributed by atoms with Crippen molar-refractivity contribution >= 4 is 17.6 Å². The number of guanidine groups is 1. The van der Waals surface area contributed by atoms with Crippen molar-refractivity contribution in [2.45, 2.75) is 19.9 Å². The summed E-state index contributed by atoms with van der Waals surface area (Å²) in [5, 5.41) is 7.36. The van der Waals surface area contributed by atoms with Crippen molar-refractivity contribution in [2.24, 2.45) is 4.99 Å². The summed E-state index contributed by atoms with van der Waals surface area (Å²) in [6.45, 7) is 4.20. The van der Waals surface area contributed by atoms with Crippen LogP contribution in [0.5, 0.6) is 0 Å². The number of halogens is 1. The maximum absolute atomic E-state index is 6.16. The highest BCUT2D eigenvalue weighted by Gasteiger charge is 2.01. The van der Waals surface area contributed by atoms with Gasteiger partial charge in [-0.2, -0.15) is 0 Å². The number of hydrogen-bond donors (Lipinski definition) is 2. The zero-order chi connectivity index (χ0) is 15.6. The van der Waals surface area contributed by atoms with E-state index in [1.165, 1.54) is 0 Å². The predicted octanol–water partition coefficient (Wildman–Crippen LogP) is 3.03. The van der Waals surface area contributed by atoms with Crippen molar-refractivity contribution in [1.82, 2.24) is 15.6 Å². The van der Waals surface area contributed by atoms with Crippen molar-refractivity contribution in [3.05, 3.63) is 64.9 Å². The standard InChI is InChI=1S/C17H21ClN4/c1-2-19-17(22-13-15-8-5-6-11-20-15)21-12-10-14-7-3-4-9-16(14)18/h3-9,11H,2,10,12-13H2,1H3,(H2,19,21,22). The van der Waals surface area contributed by atoms with Gasteiger partial charge in [-0.15, -0.1) is 0 Å². The van der Waals surface area contributed by atoms with Crippen LogP contribution >= 0.6 is 11.6 Å². The van der Waals surface area contributed by atoms with Gasteiger partial charge in [0.2, 0.25) is 0 Å². The minimum absolute atomic E-state index is 0.558. The Morgan fingerprint density at radius 2 is 1.95 bits per heavy atom. The molecular formula is C17H21ClN4. The number of pyridine rings is 1. The molecule has 0 unspecified atom stereocenters. The second-order valence-corrected chi connectivity index (χ2v) is 5.19. The van der Waals surface area contributed by atoms with E-state index in [2.05, 4.69) is 20.6 Å². The number of aliphatic imine (C=N–C) groups is 1. The zero-order valence-electron chi connectivity index (χ0n) is 12.7. The highest BCUT2D eigenvalue weighted by Crippen LogP contribution is 2.14. The summed E-state index contributed by atoms with van der Waals surface area (Å²) < 4.78 is 0. The minimum Gasteiger partial charge on any atom is -0.357 e. The molecule has 0 spiro atoms. The smallest absolute Gasteiger partial charge is 0.191 e. The third-order valence-corrected chi connectivity index (χ3v) is 3.48. The lowest BCUT2D eigenvalue weighted by Gasteiger charge is -2.11. The summed E-state index contributed by atoms with van der Waals surface area (Å²) in [4.78, 5) is 8.81. The van der Waals surface area contributed by atoms with E-state index in [-0.39, 0.29) is 0 Å². The molecule has 0 bridgehead atoms. The van der Waals surface area contributed by atoms with Crippen LogP contribution in [-0.2, 0) is 13.0 Å². The molecule has 2 rings (SSSR count). The summed E-state index contributed by atoms with van der Waals surface area (Å²) in [6.07, 6.45) is 2.64. The summed E-state index contributed by atoms with van der Waals surface area (Å²) >= 11 is 6.16. The fourth-order valence-corrected chi connectivity index (χ4v) is 2.24. The monoisotopic (exact) mass is 316 g/mol. The van der Waals surface area contributed by atoms with E-state index in [1.807, 2.05) is 49.4 Å². The molecule has 0 fully saturated rings. The fraction of sp³-hybridized carbons (Fsp3) is 0.294. The maximum atomic E-state index is 6.16. The van der Waals surface area contributed by atoms with Gasteiger partial charge in [0.05, 0.1) is 12.2 Å². The Labute approximate surface area is 136 Å². The predicted molar refractivity (Wildman–Crippen MR) is 92.2 cm³/mol. The molecule has 0 aliphatic rings. The second kappa shape index (κ2) is 9.05. The van der Waals surface area contributed by atoms with Crippen molar-refractivity contribution in [2.75, 3.05) is 13.1 Å². The van der Waals surface area contributed by atoms with Gasteiger partial charge in [-0.05, 0) is 37.1 Å². The topological polar surface area (TPSA) is 49.3 Å². The van der Waals surface area contributed by atoms with E-state index >= 15 is 0 Å². The Bertz CT molecular complexity index is 599. The van der Waals surface area contributed by atoms with Gasteiger partial charge in [0.1, 0.15) is 0 Å². The number of benzene rings is 1. The van der Waals surface area contributed by atoms with Gasteiger partial charge >= 0.3 is 0 Å². The molecule has 0 aliphatic carbocycles. The largest absolute Gasteiger partial charge is 0.357 e. The van der Waals surface area contributed by atoms with Crippen molar-refractivity contribution in [3.63, 3.8) is 0 Å². The minimum atomic E-state index is 0.558. The van der Waals surface area contributed by atoms with E-state index in [9.17, 15) is 0 Å². The van der Waals surface area contributed by atoms with Gasteiger partial charge in [-0.3, -0.25) is 4.98 Å². The van der Waals surface area contributed by atoms with Crippen molar-refractivity contribution in [3.8, 4) is 0 Å². The lowest BCUT2D eigenvalue weighted by molar-refractivity contribution is 0.797. The van der Waals surface area contributed by atoms with Gasteiger partial charge in [0, 0.05) is 24.3 Å². The maximum Gasteiger partial charge on any atom is 0.191 e. The van der Waals surface area contributed by atoms with Crippen molar-refractivity contribution in [1.29, 1.82) is 0 Å². The summed E-state index contributed by atoms with van der Waals surface area (Å²) in [5.41, 5.74) is 2.09. The molecule has 0 aliphatic heterocycles. The van der Waals surface area contributed by atoms with Crippen LogP contribution in [0.3, 0.4) is 0 Å². The molecule has 0 amide bonds. The molecule has 0 saturated heterocycles. The number of rotatable bonds is 6. The SMILES string of the molecule is CCNC(=NCc1ccccn1)NCCc1ccccc1Cl. The van der Waals surface area contributed by atoms with Crippen LogP contribution in [0.25, 0.3) is 0 Å². The lowest BCUT2D eigenvalue weighted by atomic mass is 10.1. The molecule has 1 aromatic heterocycles. The van der Waals surface area contributed by atoms with Crippen LogP contribution in [0.2, 0.25) is 5.02 Å². The zero-order valence-corrected chi connectivity index (χ0v) is 13.5. The molecule has 5 heteroatoms. The van der Waals surface area contributed by atoms with Gasteiger partial charge in [0.25, 0.3) is 0 Å². The lowest BCUT2D eigenvalue weighted by Crippen LogP contribution is -2.38. The Hall–Kier alpha value is -2.07. The van der Waals surface area contributed by atoms with E-state index < -0.39 is 0 Å². The first kappa shape index (κ1) is 16.3. The molecule has 1 heterocycles. The molecule has 2 aromatic rings. The molecule has 0 atom stereocenters. The summed E-state index contributed by atoms with van der Waals surface area (Å²) in [5.74, 6) is 0.792. The van der Waals surface area contributed by atoms with Crippen molar-refractivity contribution < 1.29 is 0 Å². The van der Waals surface area contributed by atoms with E-state index in [0.717, 1.165) is 41.7 Å². The van der Waals surface area contributed by atoms with Gasteiger partial charge in [0.15, 0.2) is 5.96 Å². The van der Waals surface area contributed by atoms with Crippen LogP contribution in [-0.4, -0.2) is 24.0 Å². The van der Waals surface area contributed by atoms with E-state index in [4.69, 9.17) is 11.6 Å². The average molecular weight is 317 g/mol. The number of nitrogens with zero attached hydrogens (tertiary/aromatic N) is 2. The molecule has 22 heavy (non-hydrogen) atoms. The van der Waals surface area contributed by atoms with E-state index in [1.54, 1.807) is 6.20 Å². The number of hydrogen-bond acceptors (Lipinski definition) is 2. The molecule has 4 nitrogen and oxygen atoms in total. The fourth-order valence-electron chi connectivity index (χ4n) is 2.01. The molecule has 116 valence electrons. The van der Waals surface area contributed by atoms with Crippen LogP contribution in [0.15, 0.2) is 53.7 Å². The Morgan fingerprint density at radius 1 is 1.14 bits per heavy atom. The van der Waals surface area contributed by atoms with Crippen LogP contribution in [0.1, 0.15) is 18.2 Å². The molecule has 1 aromatic carbocycles. The van der Waals surface area contributed by atoms with Crippen LogP contribution in [0, 0.1) is 0 Å². The second-order valence-electron chi connectivity index (χ2n) is 4.78. The van der Waals surface area contributed by atoms with Gasteiger partial charge in [-0.1, -0.05) is 35.9 Å². The Morgan fingerprint density at radius 3 is 2.68 bits per heavy atom. The quantitative estimate of drug-likeness (QED) is 0.636. The normalized spacial score (nSPS) is 11.3. The first-order valence-corrected chi connectivity index (χ1v) is 7.83. The third kappa shape index (κ3) is 5.37. The highest BCUT2D eigenvalue weighted by molar-refractivity contribution is 6.31. The third-order valence-electron chi connectivity index (χ3n) is 3.11. The van der Waals surface area contributed by atoms with Gasteiger partial charge < -0.3 is 10.6 Å². The van der Waals surface area contributed by atoms with Crippen LogP contribution < -0.4 is 10.6 Å². The van der Waals surface area contributed by atoms with Gasteiger partial charge in [-0.25, -0.2) is 4.99 Å². The number of aromatic nitrogens is 1. The number of nitrogens with one attached hydrogen (secondary N) is 2. The van der Waals surface area contributed by atoms with E-state index in [0.29, 0.717) is 6.54 Å². The molecule has 0 radical (unpaired) electrons. The summed E-state index contributed by atoms with van der Waals surface area (Å²) in [6, 6.07) is 13.7. The molecule has 2 N–H and O–H groups in total. The molecular weight excluding hydrogens is 296 g/mol. The highest BCUT2D eigenvalue weighted by atomic mass is 35.5.